The highest BCUT2D eigenvalue weighted by atomic mass is 35.5. The molecule has 1 saturated heterocycles. The third-order valence-electron chi connectivity index (χ3n) is 5.13. The lowest BCUT2D eigenvalue weighted by molar-refractivity contribution is 0.0702. The van der Waals surface area contributed by atoms with Gasteiger partial charge < -0.3 is 4.90 Å². The van der Waals surface area contributed by atoms with Gasteiger partial charge in [-0.25, -0.2) is 0 Å². The van der Waals surface area contributed by atoms with Gasteiger partial charge in [0, 0.05) is 23.5 Å². The number of piperidine rings is 1. The molecule has 0 bridgehead atoms. The highest BCUT2D eigenvalue weighted by Gasteiger charge is 2.24. The second kappa shape index (κ2) is 7.05. The molecule has 2 aromatic heterocycles. The smallest absolute Gasteiger partial charge is 0.264 e. The maximum Gasteiger partial charge on any atom is 0.264 e. The Bertz CT molecular complexity index is 936. The lowest BCUT2D eigenvalue weighted by Crippen LogP contribution is -2.37. The quantitative estimate of drug-likeness (QED) is 0.635. The van der Waals surface area contributed by atoms with Crippen molar-refractivity contribution in [1.29, 1.82) is 0 Å². The predicted molar refractivity (Wildman–Crippen MR) is 107 cm³/mol. The molecular formula is C20H22ClN3OS. The molecule has 1 amide bonds. The lowest BCUT2D eigenvalue weighted by atomic mass is 9.99. The first-order valence-corrected chi connectivity index (χ1v) is 10.2. The fourth-order valence-electron chi connectivity index (χ4n) is 3.46. The van der Waals surface area contributed by atoms with Gasteiger partial charge in [0.25, 0.3) is 5.91 Å². The number of benzene rings is 1. The average Bonchev–Trinajstić information content (AvgIpc) is 3.19. The third-order valence-corrected chi connectivity index (χ3v) is 6.52. The SMILES string of the molecule is Cc1nn(Cc2ccc(Cl)cc2)c2sc(C(=O)N3CCC(C)CC3)cc12. The van der Waals surface area contributed by atoms with Gasteiger partial charge in [-0.3, -0.25) is 9.48 Å². The summed E-state index contributed by atoms with van der Waals surface area (Å²) < 4.78 is 1.99. The second-order valence-corrected chi connectivity index (χ2v) is 8.64. The Balaban J connectivity index is 1.61. The maximum absolute atomic E-state index is 12.9. The van der Waals surface area contributed by atoms with E-state index in [0.717, 1.165) is 63.2 Å². The van der Waals surface area contributed by atoms with Crippen molar-refractivity contribution in [3.8, 4) is 0 Å². The van der Waals surface area contributed by atoms with Crippen LogP contribution in [0.2, 0.25) is 5.02 Å². The number of hydrogen-bond acceptors (Lipinski definition) is 3. The Morgan fingerprint density at radius 2 is 1.96 bits per heavy atom. The van der Waals surface area contributed by atoms with E-state index < -0.39 is 0 Å². The van der Waals surface area contributed by atoms with Gasteiger partial charge in [-0.2, -0.15) is 5.10 Å². The van der Waals surface area contributed by atoms with E-state index in [9.17, 15) is 4.79 Å². The Hall–Kier alpha value is -1.85. The Kier molecular flexibility index (Phi) is 4.76. The molecule has 0 unspecified atom stereocenters. The highest BCUT2D eigenvalue weighted by Crippen LogP contribution is 2.30. The van der Waals surface area contributed by atoms with Crippen molar-refractivity contribution < 1.29 is 4.79 Å². The fraction of sp³-hybridized carbons (Fsp3) is 0.400. The molecule has 136 valence electrons. The minimum Gasteiger partial charge on any atom is -0.338 e. The van der Waals surface area contributed by atoms with Crippen LogP contribution in [0.4, 0.5) is 0 Å². The zero-order valence-electron chi connectivity index (χ0n) is 15.0. The maximum atomic E-state index is 12.9. The standard InChI is InChI=1S/C20H22ClN3OS/c1-13-7-9-23(10-8-13)19(25)18-11-17-14(2)22-24(20(17)26-18)12-15-3-5-16(21)6-4-15/h3-6,11,13H,7-10,12H2,1-2H3. The number of nitrogens with zero attached hydrogens (tertiary/aromatic N) is 3. The molecule has 3 aromatic rings. The van der Waals surface area contributed by atoms with Gasteiger partial charge in [0.1, 0.15) is 4.83 Å². The summed E-state index contributed by atoms with van der Waals surface area (Å²) in [6.07, 6.45) is 2.19. The van der Waals surface area contributed by atoms with E-state index in [-0.39, 0.29) is 5.91 Å². The summed E-state index contributed by atoms with van der Waals surface area (Å²) in [6, 6.07) is 9.83. The molecule has 4 rings (SSSR count). The van der Waals surface area contributed by atoms with Crippen LogP contribution in [0.15, 0.2) is 30.3 Å². The highest BCUT2D eigenvalue weighted by molar-refractivity contribution is 7.20. The average molecular weight is 388 g/mol. The minimum atomic E-state index is 0.163. The number of rotatable bonds is 3. The van der Waals surface area contributed by atoms with Crippen LogP contribution in [-0.2, 0) is 6.54 Å². The zero-order valence-corrected chi connectivity index (χ0v) is 16.6. The molecule has 1 aromatic carbocycles. The van der Waals surface area contributed by atoms with E-state index in [1.165, 1.54) is 0 Å². The number of halogens is 1. The Morgan fingerprint density at radius 3 is 2.65 bits per heavy atom. The Labute approximate surface area is 162 Å². The number of amides is 1. The summed E-state index contributed by atoms with van der Waals surface area (Å²) in [5, 5.41) is 6.47. The van der Waals surface area contributed by atoms with Gasteiger partial charge in [-0.05, 0) is 49.4 Å². The molecular weight excluding hydrogens is 366 g/mol. The molecule has 0 radical (unpaired) electrons. The molecule has 0 N–H and O–H groups in total. The minimum absolute atomic E-state index is 0.163. The first kappa shape index (κ1) is 17.6. The first-order valence-electron chi connectivity index (χ1n) is 9.02. The summed E-state index contributed by atoms with van der Waals surface area (Å²) in [6.45, 7) is 6.67. The van der Waals surface area contributed by atoms with Crippen LogP contribution >= 0.6 is 22.9 Å². The van der Waals surface area contributed by atoms with Crippen molar-refractivity contribution >= 4 is 39.1 Å². The van der Waals surface area contributed by atoms with Gasteiger partial charge >= 0.3 is 0 Å². The summed E-state index contributed by atoms with van der Waals surface area (Å²) in [4.78, 5) is 16.8. The molecule has 1 aliphatic rings. The van der Waals surface area contributed by atoms with Crippen LogP contribution in [-0.4, -0.2) is 33.7 Å². The number of aryl methyl sites for hydroxylation is 1. The molecule has 0 atom stereocenters. The normalized spacial score (nSPS) is 15.7. The lowest BCUT2D eigenvalue weighted by Gasteiger charge is -2.29. The second-order valence-electron chi connectivity index (χ2n) is 7.17. The van der Waals surface area contributed by atoms with Gasteiger partial charge in [-0.1, -0.05) is 30.7 Å². The number of carbonyl (C=O) groups is 1. The zero-order chi connectivity index (χ0) is 18.3. The summed E-state index contributed by atoms with van der Waals surface area (Å²) >= 11 is 7.53. The van der Waals surface area contributed by atoms with E-state index >= 15 is 0 Å². The summed E-state index contributed by atoms with van der Waals surface area (Å²) in [7, 11) is 0. The number of likely N-dealkylation sites (tertiary alicyclic amines) is 1. The van der Waals surface area contributed by atoms with Crippen LogP contribution in [0.1, 0.15) is 40.7 Å². The fourth-order valence-corrected chi connectivity index (χ4v) is 4.71. The van der Waals surface area contributed by atoms with Gasteiger partial charge in [0.2, 0.25) is 0 Å². The molecule has 1 fully saturated rings. The number of aromatic nitrogens is 2. The molecule has 0 aliphatic carbocycles. The molecule has 4 nitrogen and oxygen atoms in total. The van der Waals surface area contributed by atoms with Crippen molar-refractivity contribution in [2.24, 2.45) is 5.92 Å². The van der Waals surface area contributed by atoms with Gasteiger partial charge in [0.05, 0.1) is 17.1 Å². The summed E-state index contributed by atoms with van der Waals surface area (Å²) in [5.41, 5.74) is 2.11. The number of hydrogen-bond donors (Lipinski definition) is 0. The number of fused-ring (bicyclic) bond motifs is 1. The van der Waals surface area contributed by atoms with Gasteiger partial charge in [-0.15, -0.1) is 11.3 Å². The van der Waals surface area contributed by atoms with Crippen LogP contribution < -0.4 is 0 Å². The van der Waals surface area contributed by atoms with Crippen molar-refractivity contribution in [2.75, 3.05) is 13.1 Å². The predicted octanol–water partition coefficient (Wildman–Crippen LogP) is 4.98. The monoisotopic (exact) mass is 387 g/mol. The van der Waals surface area contributed by atoms with Crippen molar-refractivity contribution in [1.82, 2.24) is 14.7 Å². The van der Waals surface area contributed by atoms with E-state index in [4.69, 9.17) is 11.6 Å². The number of carbonyl (C=O) groups excluding carboxylic acids is 1. The third kappa shape index (κ3) is 3.38. The summed E-state index contributed by atoms with van der Waals surface area (Å²) in [5.74, 6) is 0.882. The molecule has 1 aliphatic heterocycles. The van der Waals surface area contributed by atoms with Crippen LogP contribution in [0.3, 0.4) is 0 Å². The topological polar surface area (TPSA) is 38.1 Å². The van der Waals surface area contributed by atoms with Crippen molar-refractivity contribution in [2.45, 2.75) is 33.2 Å². The molecule has 26 heavy (non-hydrogen) atoms. The van der Waals surface area contributed by atoms with Crippen molar-refractivity contribution in [3.63, 3.8) is 0 Å². The van der Waals surface area contributed by atoms with Crippen LogP contribution in [0, 0.1) is 12.8 Å². The molecule has 0 saturated carbocycles. The molecule has 6 heteroatoms. The molecule has 3 heterocycles. The van der Waals surface area contributed by atoms with E-state index in [2.05, 4.69) is 12.0 Å². The van der Waals surface area contributed by atoms with E-state index in [1.807, 2.05) is 46.8 Å². The largest absolute Gasteiger partial charge is 0.338 e. The number of thiophene rings is 1. The van der Waals surface area contributed by atoms with E-state index in [0.29, 0.717) is 6.54 Å². The van der Waals surface area contributed by atoms with Crippen LogP contribution in [0.25, 0.3) is 10.2 Å². The first-order chi connectivity index (χ1) is 12.5. The van der Waals surface area contributed by atoms with E-state index in [1.54, 1.807) is 11.3 Å². The van der Waals surface area contributed by atoms with Crippen LogP contribution in [0.5, 0.6) is 0 Å². The van der Waals surface area contributed by atoms with Crippen molar-refractivity contribution in [3.05, 3.63) is 51.5 Å². The van der Waals surface area contributed by atoms with Gasteiger partial charge in [0.15, 0.2) is 0 Å². The molecule has 0 spiro atoms. The Morgan fingerprint density at radius 1 is 1.27 bits per heavy atom.